The molecule has 1 aliphatic rings. The molecule has 1 heterocycles. The molecule has 4 heteroatoms. The number of hydrogen-bond donors (Lipinski definition) is 1. The molecule has 0 bridgehead atoms. The quantitative estimate of drug-likeness (QED) is 0.880. The predicted molar refractivity (Wildman–Crippen MR) is 87.8 cm³/mol. The maximum absolute atomic E-state index is 6.68. The number of rotatable bonds is 5. The number of nitrogens with two attached hydrogens (primary N) is 1. The van der Waals surface area contributed by atoms with E-state index in [-0.39, 0.29) is 5.54 Å². The van der Waals surface area contributed by atoms with Gasteiger partial charge in [0, 0.05) is 19.0 Å². The van der Waals surface area contributed by atoms with Gasteiger partial charge < -0.3 is 5.73 Å². The molecule has 1 aromatic rings. The lowest BCUT2D eigenvalue weighted by molar-refractivity contribution is 0.220. The van der Waals surface area contributed by atoms with E-state index in [0.717, 1.165) is 37.3 Å². The summed E-state index contributed by atoms with van der Waals surface area (Å²) in [6, 6.07) is 0. The molecule has 20 heavy (non-hydrogen) atoms. The molecule has 0 radical (unpaired) electrons. The molecule has 0 spiro atoms. The van der Waals surface area contributed by atoms with Gasteiger partial charge >= 0.3 is 0 Å². The summed E-state index contributed by atoms with van der Waals surface area (Å²) in [5, 5.41) is 4.58. The molecule has 0 unspecified atom stereocenters. The Labute approximate surface area is 131 Å². The van der Waals surface area contributed by atoms with E-state index in [4.69, 9.17) is 5.73 Å². The summed E-state index contributed by atoms with van der Waals surface area (Å²) in [5.41, 5.74) is 9.05. The lowest BCUT2D eigenvalue weighted by Crippen LogP contribution is -2.45. The molecule has 1 fully saturated rings. The molecule has 2 N–H and O–H groups in total. The molecule has 2 rings (SSSR count). The first-order chi connectivity index (χ1) is 9.49. The van der Waals surface area contributed by atoms with Crippen molar-refractivity contribution >= 4 is 15.9 Å². The van der Waals surface area contributed by atoms with Crippen LogP contribution in [0, 0.1) is 5.92 Å². The molecule has 0 saturated heterocycles. The van der Waals surface area contributed by atoms with Crippen LogP contribution in [0.5, 0.6) is 0 Å². The Morgan fingerprint density at radius 2 is 2.00 bits per heavy atom. The molecule has 0 atom stereocenters. The van der Waals surface area contributed by atoms with Crippen LogP contribution < -0.4 is 5.73 Å². The van der Waals surface area contributed by atoms with E-state index < -0.39 is 0 Å². The van der Waals surface area contributed by atoms with E-state index in [2.05, 4.69) is 34.9 Å². The van der Waals surface area contributed by atoms with Gasteiger partial charge in [-0.05, 0) is 54.0 Å². The summed E-state index contributed by atoms with van der Waals surface area (Å²) in [5.74, 6) is 0.901. The number of hydrogen-bond acceptors (Lipinski definition) is 2. The van der Waals surface area contributed by atoms with Crippen molar-refractivity contribution in [2.75, 3.05) is 0 Å². The van der Waals surface area contributed by atoms with Gasteiger partial charge in [-0.2, -0.15) is 5.10 Å². The van der Waals surface area contributed by atoms with Crippen LogP contribution in [0.1, 0.15) is 63.8 Å². The van der Waals surface area contributed by atoms with Gasteiger partial charge in [-0.3, -0.25) is 4.68 Å². The van der Waals surface area contributed by atoms with Crippen LogP contribution in [0.25, 0.3) is 0 Å². The Morgan fingerprint density at radius 1 is 1.35 bits per heavy atom. The highest BCUT2D eigenvalue weighted by Gasteiger charge is 2.33. The summed E-state index contributed by atoms with van der Waals surface area (Å²) in [4.78, 5) is 0. The fourth-order valence-electron chi connectivity index (χ4n) is 3.47. The van der Waals surface area contributed by atoms with Crippen LogP contribution in [-0.2, 0) is 19.9 Å². The van der Waals surface area contributed by atoms with Gasteiger partial charge in [0.05, 0.1) is 15.9 Å². The fourth-order valence-corrected chi connectivity index (χ4v) is 4.23. The van der Waals surface area contributed by atoms with E-state index in [0.29, 0.717) is 0 Å². The van der Waals surface area contributed by atoms with Crippen LogP contribution in [0.4, 0.5) is 0 Å². The van der Waals surface area contributed by atoms with E-state index in [9.17, 15) is 0 Å². The summed E-state index contributed by atoms with van der Waals surface area (Å²) in [6.07, 6.45) is 9.45. The molecule has 0 aliphatic heterocycles. The van der Waals surface area contributed by atoms with Crippen LogP contribution in [-0.4, -0.2) is 15.3 Å². The van der Waals surface area contributed by atoms with Crippen LogP contribution in [0.2, 0.25) is 0 Å². The first-order valence-electron chi connectivity index (χ1n) is 7.98. The second-order valence-corrected chi connectivity index (χ2v) is 7.25. The molecule has 1 aromatic heterocycles. The highest BCUT2D eigenvalue weighted by atomic mass is 79.9. The number of aryl methyl sites for hydroxylation is 2. The Balaban J connectivity index is 2.05. The van der Waals surface area contributed by atoms with Crippen molar-refractivity contribution in [1.82, 2.24) is 9.78 Å². The zero-order valence-electron chi connectivity index (χ0n) is 13.1. The van der Waals surface area contributed by atoms with E-state index in [1.54, 1.807) is 0 Å². The lowest BCUT2D eigenvalue weighted by atomic mass is 9.73. The largest absolute Gasteiger partial charge is 0.325 e. The molecule has 0 aromatic carbocycles. The number of nitrogens with zero attached hydrogens (tertiary/aromatic N) is 2. The number of aromatic nitrogens is 2. The molecule has 0 amide bonds. The van der Waals surface area contributed by atoms with Gasteiger partial charge in [-0.15, -0.1) is 0 Å². The molecular formula is C16H28BrN3. The van der Waals surface area contributed by atoms with Gasteiger partial charge in [-0.1, -0.05) is 26.7 Å². The van der Waals surface area contributed by atoms with Crippen molar-refractivity contribution in [3.05, 3.63) is 15.9 Å². The van der Waals surface area contributed by atoms with Gasteiger partial charge in [0.2, 0.25) is 0 Å². The molecule has 1 aliphatic carbocycles. The molecular weight excluding hydrogens is 314 g/mol. The van der Waals surface area contributed by atoms with Crippen molar-refractivity contribution < 1.29 is 0 Å². The van der Waals surface area contributed by atoms with E-state index >= 15 is 0 Å². The first kappa shape index (κ1) is 16.0. The Kier molecular flexibility index (Phi) is 5.30. The standard InChI is InChI=1S/C16H28BrN3/c1-4-6-12-7-9-16(18,10-8-12)11-14-15(17)13(5-2)19-20(14)3/h12H,4-11,18H2,1-3H3. The van der Waals surface area contributed by atoms with Gasteiger partial charge in [0.25, 0.3) is 0 Å². The molecule has 1 saturated carbocycles. The van der Waals surface area contributed by atoms with Crippen LogP contribution >= 0.6 is 15.9 Å². The second kappa shape index (κ2) is 6.61. The van der Waals surface area contributed by atoms with Crippen LogP contribution in [0.15, 0.2) is 4.47 Å². The molecule has 114 valence electrons. The maximum Gasteiger partial charge on any atom is 0.0766 e. The lowest BCUT2D eigenvalue weighted by Gasteiger charge is -2.37. The minimum absolute atomic E-state index is 0.0361. The molecule has 3 nitrogen and oxygen atoms in total. The second-order valence-electron chi connectivity index (χ2n) is 6.46. The van der Waals surface area contributed by atoms with Crippen molar-refractivity contribution in [3.8, 4) is 0 Å². The summed E-state index contributed by atoms with van der Waals surface area (Å²) >= 11 is 3.71. The van der Waals surface area contributed by atoms with Crippen molar-refractivity contribution in [3.63, 3.8) is 0 Å². The Bertz CT molecular complexity index is 445. The number of halogens is 1. The van der Waals surface area contributed by atoms with Crippen molar-refractivity contribution in [2.45, 2.75) is 70.8 Å². The van der Waals surface area contributed by atoms with Crippen LogP contribution in [0.3, 0.4) is 0 Å². The predicted octanol–water partition coefficient (Wildman–Crippen LogP) is 3.98. The highest BCUT2D eigenvalue weighted by Crippen LogP contribution is 2.36. The van der Waals surface area contributed by atoms with E-state index in [1.165, 1.54) is 35.8 Å². The summed E-state index contributed by atoms with van der Waals surface area (Å²) < 4.78 is 3.18. The average molecular weight is 342 g/mol. The minimum Gasteiger partial charge on any atom is -0.325 e. The minimum atomic E-state index is -0.0361. The normalized spacial score (nSPS) is 26.9. The zero-order valence-corrected chi connectivity index (χ0v) is 14.7. The Hall–Kier alpha value is -0.350. The maximum atomic E-state index is 6.68. The van der Waals surface area contributed by atoms with Crippen molar-refractivity contribution in [1.29, 1.82) is 0 Å². The topological polar surface area (TPSA) is 43.8 Å². The Morgan fingerprint density at radius 3 is 2.50 bits per heavy atom. The van der Waals surface area contributed by atoms with E-state index in [1.807, 2.05) is 11.7 Å². The monoisotopic (exact) mass is 341 g/mol. The SMILES string of the molecule is CCCC1CCC(N)(Cc2c(Br)c(CC)nn2C)CC1. The highest BCUT2D eigenvalue weighted by molar-refractivity contribution is 9.10. The summed E-state index contributed by atoms with van der Waals surface area (Å²) in [6.45, 7) is 4.42. The first-order valence-corrected chi connectivity index (χ1v) is 8.77. The smallest absolute Gasteiger partial charge is 0.0766 e. The van der Waals surface area contributed by atoms with Gasteiger partial charge in [0.15, 0.2) is 0 Å². The fraction of sp³-hybridized carbons (Fsp3) is 0.812. The zero-order chi connectivity index (χ0) is 14.8. The van der Waals surface area contributed by atoms with Gasteiger partial charge in [0.1, 0.15) is 0 Å². The average Bonchev–Trinajstić information content (AvgIpc) is 2.69. The van der Waals surface area contributed by atoms with Gasteiger partial charge in [-0.25, -0.2) is 0 Å². The third-order valence-electron chi connectivity index (χ3n) is 4.82. The summed E-state index contributed by atoms with van der Waals surface area (Å²) in [7, 11) is 2.03. The van der Waals surface area contributed by atoms with Crippen molar-refractivity contribution in [2.24, 2.45) is 18.7 Å². The third-order valence-corrected chi connectivity index (χ3v) is 5.74. The third kappa shape index (κ3) is 3.45.